The van der Waals surface area contributed by atoms with Crippen molar-refractivity contribution in [2.45, 2.75) is 25.3 Å². The maximum absolute atomic E-state index is 3.93. The van der Waals surface area contributed by atoms with Crippen LogP contribution in [0.2, 0.25) is 0 Å². The second-order valence-corrected chi connectivity index (χ2v) is 3.67. The van der Waals surface area contributed by atoms with Crippen LogP contribution in [-0.4, -0.2) is 6.04 Å². The molecule has 68 valence electrons. The van der Waals surface area contributed by atoms with Crippen LogP contribution in [0.25, 0.3) is 0 Å². The van der Waals surface area contributed by atoms with Crippen molar-refractivity contribution in [2.75, 3.05) is 0 Å². The highest BCUT2D eigenvalue weighted by Crippen LogP contribution is 2.17. The Balaban J connectivity index is 1.96. The third-order valence-corrected chi connectivity index (χ3v) is 2.53. The minimum Gasteiger partial charge on any atom is -0.386 e. The van der Waals surface area contributed by atoms with E-state index in [2.05, 4.69) is 42.2 Å². The van der Waals surface area contributed by atoms with E-state index < -0.39 is 0 Å². The summed E-state index contributed by atoms with van der Waals surface area (Å²) in [5.41, 5.74) is 2.61. The highest BCUT2D eigenvalue weighted by Gasteiger charge is 2.16. The lowest BCUT2D eigenvalue weighted by Gasteiger charge is -2.10. The molecule has 0 saturated carbocycles. The topological polar surface area (TPSA) is 12.0 Å². The predicted octanol–water partition coefficient (Wildman–Crippen LogP) is 2.49. The molecule has 1 aromatic rings. The van der Waals surface area contributed by atoms with Gasteiger partial charge in [-0.2, -0.15) is 0 Å². The fraction of sp³-hybridized carbons (Fsp3) is 0.333. The van der Waals surface area contributed by atoms with Gasteiger partial charge >= 0.3 is 0 Å². The van der Waals surface area contributed by atoms with Gasteiger partial charge in [0.25, 0.3) is 0 Å². The lowest BCUT2D eigenvalue weighted by molar-refractivity contribution is 0.616. The van der Waals surface area contributed by atoms with E-state index >= 15 is 0 Å². The van der Waals surface area contributed by atoms with Crippen molar-refractivity contribution < 1.29 is 0 Å². The van der Waals surface area contributed by atoms with E-state index in [1.807, 2.05) is 0 Å². The van der Waals surface area contributed by atoms with Gasteiger partial charge in [0.2, 0.25) is 0 Å². The molecule has 1 fully saturated rings. The van der Waals surface area contributed by atoms with Crippen molar-refractivity contribution in [1.82, 2.24) is 5.32 Å². The molecule has 2 rings (SSSR count). The summed E-state index contributed by atoms with van der Waals surface area (Å²) < 4.78 is 0. The molecule has 0 spiro atoms. The lowest BCUT2D eigenvalue weighted by atomic mass is 10.1. The van der Waals surface area contributed by atoms with E-state index in [0.29, 0.717) is 6.04 Å². The first-order valence-corrected chi connectivity index (χ1v) is 4.83. The van der Waals surface area contributed by atoms with Crippen LogP contribution in [0.5, 0.6) is 0 Å². The summed E-state index contributed by atoms with van der Waals surface area (Å²) in [6.45, 7) is 3.93. The number of hydrogen-bond donors (Lipinski definition) is 1. The first-order chi connectivity index (χ1) is 6.34. The molecule has 1 heteroatoms. The quantitative estimate of drug-likeness (QED) is 0.724. The molecule has 1 aliphatic heterocycles. The van der Waals surface area contributed by atoms with Crippen LogP contribution < -0.4 is 5.32 Å². The van der Waals surface area contributed by atoms with E-state index in [9.17, 15) is 0 Å². The molecule has 0 bridgehead atoms. The molecule has 1 nitrogen and oxygen atoms in total. The summed E-state index contributed by atoms with van der Waals surface area (Å²) in [5.74, 6) is 0. The van der Waals surface area contributed by atoms with Gasteiger partial charge in [-0.1, -0.05) is 36.9 Å². The van der Waals surface area contributed by atoms with E-state index in [0.717, 1.165) is 12.8 Å². The minimum absolute atomic E-state index is 0.606. The number of nitrogens with one attached hydrogen (secondary N) is 1. The average molecular weight is 173 g/mol. The van der Waals surface area contributed by atoms with Crippen LogP contribution in [0, 0.1) is 0 Å². The normalized spacial score (nSPS) is 21.5. The van der Waals surface area contributed by atoms with Crippen molar-refractivity contribution in [2.24, 2.45) is 0 Å². The Morgan fingerprint density at radius 3 is 2.69 bits per heavy atom. The monoisotopic (exact) mass is 173 g/mol. The Hall–Kier alpha value is -1.24. The summed E-state index contributed by atoms with van der Waals surface area (Å²) in [6, 6.07) is 11.2. The summed E-state index contributed by atoms with van der Waals surface area (Å²) in [5, 5.41) is 3.41. The summed E-state index contributed by atoms with van der Waals surface area (Å²) in [6.07, 6.45) is 3.49. The van der Waals surface area contributed by atoms with Crippen molar-refractivity contribution in [3.05, 3.63) is 48.2 Å². The molecule has 1 aliphatic rings. The largest absolute Gasteiger partial charge is 0.386 e. The van der Waals surface area contributed by atoms with E-state index in [1.165, 1.54) is 17.7 Å². The molecule has 0 aromatic heterocycles. The minimum atomic E-state index is 0.606. The number of benzene rings is 1. The zero-order valence-corrected chi connectivity index (χ0v) is 7.79. The maximum atomic E-state index is 3.93. The number of allylic oxidation sites excluding steroid dienone is 1. The van der Waals surface area contributed by atoms with Crippen molar-refractivity contribution in [3.8, 4) is 0 Å². The molecule has 1 atom stereocenters. The second-order valence-electron chi connectivity index (χ2n) is 3.67. The Labute approximate surface area is 79.5 Å². The maximum Gasteiger partial charge on any atom is 0.0302 e. The molecule has 1 unspecified atom stereocenters. The van der Waals surface area contributed by atoms with Crippen LogP contribution in [-0.2, 0) is 6.42 Å². The molecular formula is C12H15N. The van der Waals surface area contributed by atoms with E-state index in [-0.39, 0.29) is 0 Å². The summed E-state index contributed by atoms with van der Waals surface area (Å²) in [4.78, 5) is 0. The van der Waals surface area contributed by atoms with Crippen LogP contribution in [0.3, 0.4) is 0 Å². The molecule has 1 N–H and O–H groups in total. The first kappa shape index (κ1) is 8.36. The van der Waals surface area contributed by atoms with Gasteiger partial charge in [-0.3, -0.25) is 0 Å². The van der Waals surface area contributed by atoms with Gasteiger partial charge in [-0.05, 0) is 24.8 Å². The summed E-state index contributed by atoms with van der Waals surface area (Å²) >= 11 is 0. The van der Waals surface area contributed by atoms with E-state index in [1.54, 1.807) is 0 Å². The fourth-order valence-corrected chi connectivity index (χ4v) is 1.83. The highest BCUT2D eigenvalue weighted by atomic mass is 14.9. The molecule has 1 saturated heterocycles. The zero-order chi connectivity index (χ0) is 9.10. The van der Waals surface area contributed by atoms with Gasteiger partial charge in [-0.15, -0.1) is 0 Å². The average Bonchev–Trinajstić information content (AvgIpc) is 2.53. The zero-order valence-electron chi connectivity index (χ0n) is 7.79. The highest BCUT2D eigenvalue weighted by molar-refractivity contribution is 5.17. The van der Waals surface area contributed by atoms with Crippen molar-refractivity contribution in [3.63, 3.8) is 0 Å². The SMILES string of the molecule is C=C1CCC(Cc2ccccc2)N1. The molecule has 1 aromatic carbocycles. The van der Waals surface area contributed by atoms with Gasteiger partial charge in [0, 0.05) is 11.7 Å². The molecule has 1 heterocycles. The standard InChI is InChI=1S/C12H15N/c1-10-7-8-12(13-10)9-11-5-3-2-4-6-11/h2-6,12-13H,1,7-9H2. The predicted molar refractivity (Wildman–Crippen MR) is 55.4 cm³/mol. The lowest BCUT2D eigenvalue weighted by Crippen LogP contribution is -2.22. The van der Waals surface area contributed by atoms with Gasteiger partial charge in [-0.25, -0.2) is 0 Å². The molecule has 0 radical (unpaired) electrons. The smallest absolute Gasteiger partial charge is 0.0302 e. The Morgan fingerprint density at radius 1 is 1.31 bits per heavy atom. The van der Waals surface area contributed by atoms with E-state index in [4.69, 9.17) is 0 Å². The van der Waals surface area contributed by atoms with Crippen molar-refractivity contribution in [1.29, 1.82) is 0 Å². The first-order valence-electron chi connectivity index (χ1n) is 4.83. The van der Waals surface area contributed by atoms with Crippen LogP contribution in [0.15, 0.2) is 42.6 Å². The number of rotatable bonds is 2. The number of hydrogen-bond acceptors (Lipinski definition) is 1. The van der Waals surface area contributed by atoms with Gasteiger partial charge < -0.3 is 5.32 Å². The van der Waals surface area contributed by atoms with Crippen LogP contribution in [0.4, 0.5) is 0 Å². The Morgan fingerprint density at radius 2 is 2.08 bits per heavy atom. The Kier molecular flexibility index (Phi) is 2.35. The third-order valence-electron chi connectivity index (χ3n) is 2.53. The Bertz CT molecular complexity index is 289. The summed E-state index contributed by atoms with van der Waals surface area (Å²) in [7, 11) is 0. The van der Waals surface area contributed by atoms with Crippen LogP contribution >= 0.6 is 0 Å². The van der Waals surface area contributed by atoms with Crippen LogP contribution in [0.1, 0.15) is 18.4 Å². The van der Waals surface area contributed by atoms with Gasteiger partial charge in [0.05, 0.1) is 0 Å². The fourth-order valence-electron chi connectivity index (χ4n) is 1.83. The molecule has 13 heavy (non-hydrogen) atoms. The second kappa shape index (κ2) is 3.65. The van der Waals surface area contributed by atoms with Crippen molar-refractivity contribution >= 4 is 0 Å². The third kappa shape index (κ3) is 2.11. The molecule has 0 aliphatic carbocycles. The van der Waals surface area contributed by atoms with Gasteiger partial charge in [0.1, 0.15) is 0 Å². The van der Waals surface area contributed by atoms with Gasteiger partial charge in [0.15, 0.2) is 0 Å². The molecule has 0 amide bonds. The molecular weight excluding hydrogens is 158 g/mol.